The highest BCUT2D eigenvalue weighted by Gasteiger charge is 2.08. The fraction of sp³-hybridized carbons (Fsp3) is 0.462. The van der Waals surface area contributed by atoms with E-state index in [9.17, 15) is 9.59 Å². The third-order valence-corrected chi connectivity index (χ3v) is 2.36. The van der Waals surface area contributed by atoms with E-state index in [2.05, 4.69) is 27.9 Å². The predicted molar refractivity (Wildman–Crippen MR) is 74.0 cm³/mol. The van der Waals surface area contributed by atoms with Crippen molar-refractivity contribution in [2.24, 2.45) is 0 Å². The molecular weight excluding hydrogens is 244 g/mol. The summed E-state index contributed by atoms with van der Waals surface area (Å²) in [7, 11) is 0. The van der Waals surface area contributed by atoms with Gasteiger partial charge in [-0.05, 0) is 25.5 Å². The van der Waals surface area contributed by atoms with Gasteiger partial charge in [-0.15, -0.1) is 0 Å². The van der Waals surface area contributed by atoms with Crippen LogP contribution in [-0.2, 0) is 4.79 Å². The fourth-order valence-electron chi connectivity index (χ4n) is 1.41. The second-order valence-corrected chi connectivity index (χ2v) is 4.00. The van der Waals surface area contributed by atoms with Gasteiger partial charge in [0, 0.05) is 13.1 Å². The molecule has 0 aromatic carbocycles. The summed E-state index contributed by atoms with van der Waals surface area (Å²) >= 11 is 0. The maximum absolute atomic E-state index is 11.7. The number of carbonyl (C=O) groups excluding carboxylic acids is 2. The number of pyridine rings is 1. The van der Waals surface area contributed by atoms with E-state index in [0.29, 0.717) is 12.2 Å². The van der Waals surface area contributed by atoms with Gasteiger partial charge in [0.05, 0.1) is 18.4 Å². The molecule has 0 saturated heterocycles. The molecule has 0 fully saturated rings. The topological polar surface area (TPSA) is 83.1 Å². The molecule has 0 aliphatic rings. The maximum atomic E-state index is 11.7. The van der Waals surface area contributed by atoms with E-state index >= 15 is 0 Å². The van der Waals surface area contributed by atoms with Crippen LogP contribution < -0.4 is 16.0 Å². The van der Waals surface area contributed by atoms with Gasteiger partial charge in [-0.25, -0.2) is 4.98 Å². The van der Waals surface area contributed by atoms with Crippen molar-refractivity contribution in [3.63, 3.8) is 0 Å². The molecule has 6 heteroatoms. The summed E-state index contributed by atoms with van der Waals surface area (Å²) in [5.41, 5.74) is 1.17. The van der Waals surface area contributed by atoms with Gasteiger partial charge in [0.25, 0.3) is 5.91 Å². The summed E-state index contributed by atoms with van der Waals surface area (Å²) in [4.78, 5) is 26.9. The first-order valence-corrected chi connectivity index (χ1v) is 6.42. The van der Waals surface area contributed by atoms with Crippen molar-refractivity contribution in [2.75, 3.05) is 25.0 Å². The average Bonchev–Trinajstić information content (AvgIpc) is 2.43. The van der Waals surface area contributed by atoms with Crippen molar-refractivity contribution in [3.8, 4) is 0 Å². The van der Waals surface area contributed by atoms with Crippen molar-refractivity contribution in [1.82, 2.24) is 15.6 Å². The summed E-state index contributed by atoms with van der Waals surface area (Å²) in [6.45, 7) is 5.27. The van der Waals surface area contributed by atoms with Crippen LogP contribution in [0.15, 0.2) is 18.3 Å². The Balaban J connectivity index is 2.46. The van der Waals surface area contributed by atoms with Gasteiger partial charge in [0.1, 0.15) is 5.69 Å². The minimum atomic E-state index is -0.353. The Hall–Kier alpha value is -2.11. The third kappa shape index (κ3) is 5.37. The molecule has 1 rings (SSSR count). The summed E-state index contributed by atoms with van der Waals surface area (Å²) in [5, 5.41) is 8.28. The third-order valence-electron chi connectivity index (χ3n) is 2.36. The first-order valence-electron chi connectivity index (χ1n) is 6.42. The number of amides is 2. The molecule has 19 heavy (non-hydrogen) atoms. The Bertz CT molecular complexity index is 417. The SMILES string of the molecule is CCCNc1ccc(C(=O)NCC(=O)NCC)nc1. The summed E-state index contributed by atoms with van der Waals surface area (Å²) in [5.74, 6) is -0.564. The lowest BCUT2D eigenvalue weighted by Gasteiger charge is -2.06. The molecule has 3 N–H and O–H groups in total. The maximum Gasteiger partial charge on any atom is 0.270 e. The molecule has 0 aliphatic heterocycles. The molecule has 0 atom stereocenters. The summed E-state index contributed by atoms with van der Waals surface area (Å²) in [6.07, 6.45) is 2.63. The van der Waals surface area contributed by atoms with Gasteiger partial charge in [0.15, 0.2) is 0 Å². The molecule has 0 aliphatic carbocycles. The Labute approximate surface area is 113 Å². The number of hydrogen-bond acceptors (Lipinski definition) is 4. The first-order chi connectivity index (χ1) is 9.17. The Morgan fingerprint density at radius 3 is 2.58 bits per heavy atom. The van der Waals surface area contributed by atoms with Gasteiger partial charge < -0.3 is 16.0 Å². The van der Waals surface area contributed by atoms with E-state index in [1.54, 1.807) is 18.3 Å². The zero-order valence-corrected chi connectivity index (χ0v) is 11.3. The highest BCUT2D eigenvalue weighted by Crippen LogP contribution is 2.05. The highest BCUT2D eigenvalue weighted by molar-refractivity contribution is 5.94. The van der Waals surface area contributed by atoms with Gasteiger partial charge in [-0.1, -0.05) is 6.92 Å². The molecule has 0 spiro atoms. The number of anilines is 1. The van der Waals surface area contributed by atoms with Crippen molar-refractivity contribution in [2.45, 2.75) is 20.3 Å². The van der Waals surface area contributed by atoms with Crippen LogP contribution in [0.1, 0.15) is 30.8 Å². The highest BCUT2D eigenvalue weighted by atomic mass is 16.2. The van der Waals surface area contributed by atoms with Gasteiger partial charge in [-0.2, -0.15) is 0 Å². The minimum absolute atomic E-state index is 0.0375. The van der Waals surface area contributed by atoms with Crippen LogP contribution in [0, 0.1) is 0 Å². The lowest BCUT2D eigenvalue weighted by atomic mass is 10.3. The van der Waals surface area contributed by atoms with Crippen LogP contribution in [0.5, 0.6) is 0 Å². The second-order valence-electron chi connectivity index (χ2n) is 4.00. The van der Waals surface area contributed by atoms with Crippen LogP contribution in [0.2, 0.25) is 0 Å². The van der Waals surface area contributed by atoms with Crippen molar-refractivity contribution in [1.29, 1.82) is 0 Å². The standard InChI is InChI=1S/C13H20N4O2/c1-3-7-15-10-5-6-11(16-8-10)13(19)17-9-12(18)14-4-2/h5-6,8,15H,3-4,7,9H2,1-2H3,(H,14,18)(H,17,19). The Kier molecular flexibility index (Phi) is 6.35. The molecule has 0 bridgehead atoms. The van der Waals surface area contributed by atoms with Gasteiger partial charge in [0.2, 0.25) is 5.91 Å². The van der Waals surface area contributed by atoms with Crippen LogP contribution in [0.25, 0.3) is 0 Å². The van der Waals surface area contributed by atoms with Gasteiger partial charge >= 0.3 is 0 Å². The molecule has 0 unspecified atom stereocenters. The van der Waals surface area contributed by atoms with E-state index in [-0.39, 0.29) is 18.4 Å². The van der Waals surface area contributed by atoms with Crippen LogP contribution >= 0.6 is 0 Å². The molecule has 1 aromatic rings. The smallest absolute Gasteiger partial charge is 0.270 e. The van der Waals surface area contributed by atoms with Crippen LogP contribution in [0.4, 0.5) is 5.69 Å². The van der Waals surface area contributed by atoms with Gasteiger partial charge in [-0.3, -0.25) is 9.59 Å². The van der Waals surface area contributed by atoms with Crippen molar-refractivity contribution < 1.29 is 9.59 Å². The number of rotatable bonds is 7. The molecule has 0 saturated carbocycles. The molecular formula is C13H20N4O2. The van der Waals surface area contributed by atoms with E-state index in [1.165, 1.54) is 0 Å². The quantitative estimate of drug-likeness (QED) is 0.679. The number of aromatic nitrogens is 1. The lowest BCUT2D eigenvalue weighted by molar-refractivity contribution is -0.120. The zero-order valence-electron chi connectivity index (χ0n) is 11.3. The summed E-state index contributed by atoms with van der Waals surface area (Å²) < 4.78 is 0. The zero-order chi connectivity index (χ0) is 14.1. The van der Waals surface area contributed by atoms with Crippen LogP contribution in [-0.4, -0.2) is 36.4 Å². The van der Waals surface area contributed by atoms with Crippen molar-refractivity contribution in [3.05, 3.63) is 24.0 Å². The molecule has 6 nitrogen and oxygen atoms in total. The Morgan fingerprint density at radius 1 is 1.21 bits per heavy atom. The number of nitrogens with one attached hydrogen (secondary N) is 3. The number of carbonyl (C=O) groups is 2. The number of hydrogen-bond donors (Lipinski definition) is 3. The van der Waals surface area contributed by atoms with E-state index in [4.69, 9.17) is 0 Å². The fourth-order valence-corrected chi connectivity index (χ4v) is 1.41. The molecule has 0 radical (unpaired) electrons. The number of nitrogens with zero attached hydrogens (tertiary/aromatic N) is 1. The second kappa shape index (κ2) is 8.07. The molecule has 2 amide bonds. The van der Waals surface area contributed by atoms with Crippen LogP contribution in [0.3, 0.4) is 0 Å². The monoisotopic (exact) mass is 264 g/mol. The predicted octanol–water partition coefficient (Wildman–Crippen LogP) is 0.769. The average molecular weight is 264 g/mol. The number of likely N-dealkylation sites (N-methyl/N-ethyl adjacent to an activating group) is 1. The first kappa shape index (κ1) is 14.9. The van der Waals surface area contributed by atoms with Crippen molar-refractivity contribution >= 4 is 17.5 Å². The largest absolute Gasteiger partial charge is 0.384 e. The normalized spacial score (nSPS) is 9.79. The molecule has 104 valence electrons. The summed E-state index contributed by atoms with van der Waals surface area (Å²) in [6, 6.07) is 3.43. The lowest BCUT2D eigenvalue weighted by Crippen LogP contribution is -2.37. The molecule has 1 aromatic heterocycles. The van der Waals surface area contributed by atoms with E-state index in [1.807, 2.05) is 6.92 Å². The van der Waals surface area contributed by atoms with E-state index in [0.717, 1.165) is 18.7 Å². The minimum Gasteiger partial charge on any atom is -0.384 e. The Morgan fingerprint density at radius 2 is 2.00 bits per heavy atom. The van der Waals surface area contributed by atoms with E-state index < -0.39 is 0 Å². The molecule has 1 heterocycles.